The fourth-order valence-electron chi connectivity index (χ4n) is 2.56. The molecule has 3 aromatic heterocycles. The fraction of sp³-hybridized carbons (Fsp3) is 0.133. The van der Waals surface area contributed by atoms with E-state index in [1.165, 1.54) is 0 Å². The second-order valence-corrected chi connectivity index (χ2v) is 5.35. The van der Waals surface area contributed by atoms with Gasteiger partial charge in [-0.1, -0.05) is 12.1 Å². The fourth-order valence-corrected chi connectivity index (χ4v) is 2.56. The van der Waals surface area contributed by atoms with Gasteiger partial charge in [-0.3, -0.25) is 5.10 Å². The average molecular weight is 321 g/mol. The van der Waals surface area contributed by atoms with E-state index in [0.29, 0.717) is 23.5 Å². The summed E-state index contributed by atoms with van der Waals surface area (Å²) >= 11 is 0. The van der Waals surface area contributed by atoms with Crippen molar-refractivity contribution in [1.29, 1.82) is 0 Å². The van der Waals surface area contributed by atoms with E-state index in [-0.39, 0.29) is 5.95 Å². The summed E-state index contributed by atoms with van der Waals surface area (Å²) in [5.74, 6) is 2.39. The lowest BCUT2D eigenvalue weighted by Gasteiger charge is -2.09. The van der Waals surface area contributed by atoms with Gasteiger partial charge in [0.15, 0.2) is 0 Å². The zero-order chi connectivity index (χ0) is 16.7. The molecule has 120 valence electrons. The van der Waals surface area contributed by atoms with Gasteiger partial charge in [0.25, 0.3) is 0 Å². The van der Waals surface area contributed by atoms with Crippen LogP contribution in [0.25, 0.3) is 17.0 Å². The summed E-state index contributed by atoms with van der Waals surface area (Å²) in [6, 6.07) is 7.74. The molecule has 24 heavy (non-hydrogen) atoms. The lowest BCUT2D eigenvalue weighted by molar-refractivity contribution is 0.893. The largest absolute Gasteiger partial charge is 0.368 e. The number of nitrogens with two attached hydrogens (primary N) is 1. The highest BCUT2D eigenvalue weighted by atomic mass is 15.3. The number of para-hydroxylation sites is 1. The van der Waals surface area contributed by atoms with E-state index >= 15 is 0 Å². The number of hydrogen-bond donors (Lipinski definition) is 3. The molecule has 0 saturated carbocycles. The molecule has 3 heterocycles. The van der Waals surface area contributed by atoms with E-state index in [2.05, 4.69) is 35.5 Å². The smallest absolute Gasteiger partial charge is 0.242 e. The highest BCUT2D eigenvalue weighted by molar-refractivity contribution is 5.84. The third-order valence-corrected chi connectivity index (χ3v) is 3.59. The van der Waals surface area contributed by atoms with Crippen LogP contribution in [0.4, 0.5) is 17.7 Å². The van der Waals surface area contributed by atoms with E-state index in [4.69, 9.17) is 5.73 Å². The normalized spacial score (nSPS) is 11.1. The Labute approximate surface area is 137 Å². The minimum absolute atomic E-state index is 0.166. The van der Waals surface area contributed by atoms with Gasteiger partial charge in [0.1, 0.15) is 11.6 Å². The first-order valence-electron chi connectivity index (χ1n) is 7.35. The minimum Gasteiger partial charge on any atom is -0.368 e. The summed E-state index contributed by atoms with van der Waals surface area (Å²) in [7, 11) is 0. The van der Waals surface area contributed by atoms with Crippen molar-refractivity contribution < 1.29 is 0 Å². The number of nitrogen functional groups attached to an aromatic ring is 1. The summed E-state index contributed by atoms with van der Waals surface area (Å²) in [4.78, 5) is 17.4. The molecular weight excluding hydrogens is 306 g/mol. The molecule has 0 bridgehead atoms. The molecule has 9 nitrogen and oxygen atoms in total. The van der Waals surface area contributed by atoms with Crippen LogP contribution >= 0.6 is 0 Å². The number of imidazole rings is 1. The number of benzene rings is 1. The zero-order valence-corrected chi connectivity index (χ0v) is 13.1. The van der Waals surface area contributed by atoms with E-state index < -0.39 is 0 Å². The first kappa shape index (κ1) is 14.1. The summed E-state index contributed by atoms with van der Waals surface area (Å²) in [5.41, 5.74) is 8.58. The van der Waals surface area contributed by atoms with Crippen LogP contribution < -0.4 is 11.1 Å². The second-order valence-electron chi connectivity index (χ2n) is 5.35. The monoisotopic (exact) mass is 321 g/mol. The number of hydrogen-bond acceptors (Lipinski definition) is 7. The van der Waals surface area contributed by atoms with Crippen molar-refractivity contribution in [1.82, 2.24) is 34.7 Å². The number of anilines is 3. The van der Waals surface area contributed by atoms with Crippen molar-refractivity contribution in [3.8, 4) is 5.95 Å². The van der Waals surface area contributed by atoms with E-state index in [1.54, 1.807) is 13.1 Å². The zero-order valence-electron chi connectivity index (χ0n) is 13.1. The van der Waals surface area contributed by atoms with Crippen molar-refractivity contribution in [3.05, 3.63) is 41.9 Å². The molecule has 0 radical (unpaired) electrons. The van der Waals surface area contributed by atoms with Crippen LogP contribution in [0.5, 0.6) is 0 Å². The molecule has 4 rings (SSSR count). The first-order valence-corrected chi connectivity index (χ1v) is 7.35. The Balaban J connectivity index is 1.98. The third-order valence-electron chi connectivity index (χ3n) is 3.59. The topological polar surface area (TPSA) is 123 Å². The van der Waals surface area contributed by atoms with Gasteiger partial charge in [-0.15, -0.1) is 0 Å². The summed E-state index contributed by atoms with van der Waals surface area (Å²) < 4.78 is 1.81. The lowest BCUT2D eigenvalue weighted by Crippen LogP contribution is -2.10. The average Bonchev–Trinajstić information content (AvgIpc) is 3.15. The molecule has 0 aliphatic rings. The number of nitrogens with one attached hydrogen (secondary N) is 2. The highest BCUT2D eigenvalue weighted by Crippen LogP contribution is 2.27. The summed E-state index contributed by atoms with van der Waals surface area (Å²) in [6.07, 6.45) is 1.66. The molecule has 0 aliphatic carbocycles. The first-order chi connectivity index (χ1) is 11.6. The maximum atomic E-state index is 5.79. The molecule has 4 aromatic rings. The van der Waals surface area contributed by atoms with E-state index in [9.17, 15) is 0 Å². The van der Waals surface area contributed by atoms with Gasteiger partial charge in [-0.05, 0) is 25.5 Å². The number of fused-ring (bicyclic) bond motifs is 1. The third kappa shape index (κ3) is 2.32. The maximum Gasteiger partial charge on any atom is 0.242 e. The SMILES string of the molecule is Cc1nc(N)nc(-n2c(Nc3ccn[nH]3)nc3c(C)cccc32)n1. The Morgan fingerprint density at radius 2 is 1.96 bits per heavy atom. The molecule has 0 spiro atoms. The highest BCUT2D eigenvalue weighted by Gasteiger charge is 2.17. The second kappa shape index (κ2) is 5.30. The van der Waals surface area contributed by atoms with E-state index in [1.807, 2.05) is 35.8 Å². The van der Waals surface area contributed by atoms with Crippen molar-refractivity contribution in [3.63, 3.8) is 0 Å². The van der Waals surface area contributed by atoms with Crippen LogP contribution in [0.2, 0.25) is 0 Å². The molecule has 1 aromatic carbocycles. The van der Waals surface area contributed by atoms with Gasteiger partial charge in [0.05, 0.1) is 17.2 Å². The van der Waals surface area contributed by atoms with Gasteiger partial charge in [0.2, 0.25) is 17.8 Å². The maximum absolute atomic E-state index is 5.79. The van der Waals surface area contributed by atoms with Gasteiger partial charge in [-0.25, -0.2) is 9.55 Å². The van der Waals surface area contributed by atoms with Crippen molar-refractivity contribution in [2.45, 2.75) is 13.8 Å². The minimum atomic E-state index is 0.166. The Morgan fingerprint density at radius 3 is 2.71 bits per heavy atom. The molecule has 9 heteroatoms. The Kier molecular flexibility index (Phi) is 3.12. The molecular formula is C15H15N9. The lowest BCUT2D eigenvalue weighted by atomic mass is 10.2. The van der Waals surface area contributed by atoms with Gasteiger partial charge >= 0.3 is 0 Å². The molecule has 0 aliphatic heterocycles. The molecule has 0 unspecified atom stereocenters. The van der Waals surface area contributed by atoms with Gasteiger partial charge in [-0.2, -0.15) is 20.1 Å². The standard InChI is InChI=1S/C15H15N9/c1-8-4-3-5-10-12(8)21-15(20-11-6-7-17-23-11)24(10)14-19-9(2)18-13(16)22-14/h3-7H,1-2H3,(H2,16,18,19,22)(H2,17,20,21,23). The quantitative estimate of drug-likeness (QED) is 0.526. The van der Waals surface area contributed by atoms with Crippen LogP contribution in [0.3, 0.4) is 0 Å². The predicted molar refractivity (Wildman–Crippen MR) is 90.2 cm³/mol. The summed E-state index contributed by atoms with van der Waals surface area (Å²) in [5, 5.41) is 9.99. The van der Waals surface area contributed by atoms with Crippen LogP contribution in [0.15, 0.2) is 30.5 Å². The number of rotatable bonds is 3. The number of H-pyrrole nitrogens is 1. The van der Waals surface area contributed by atoms with Crippen LogP contribution in [-0.2, 0) is 0 Å². The number of aromatic amines is 1. The molecule has 0 amide bonds. The van der Waals surface area contributed by atoms with Crippen LogP contribution in [0, 0.1) is 13.8 Å². The molecule has 0 saturated heterocycles. The Bertz CT molecular complexity index is 997. The number of aromatic nitrogens is 7. The molecule has 0 fully saturated rings. The van der Waals surface area contributed by atoms with Crippen molar-refractivity contribution in [2.24, 2.45) is 0 Å². The van der Waals surface area contributed by atoms with Gasteiger partial charge in [0, 0.05) is 6.07 Å². The van der Waals surface area contributed by atoms with Crippen molar-refractivity contribution >= 4 is 28.7 Å². The number of nitrogens with zero attached hydrogens (tertiary/aromatic N) is 6. The molecule has 0 atom stereocenters. The Hall–Kier alpha value is -3.49. The Morgan fingerprint density at radius 1 is 1.08 bits per heavy atom. The van der Waals surface area contributed by atoms with E-state index in [0.717, 1.165) is 16.6 Å². The predicted octanol–water partition coefficient (Wildman–Crippen LogP) is 1.88. The van der Waals surface area contributed by atoms with Gasteiger partial charge < -0.3 is 11.1 Å². The van der Waals surface area contributed by atoms with Crippen LogP contribution in [0.1, 0.15) is 11.4 Å². The van der Waals surface area contributed by atoms with Crippen LogP contribution in [-0.4, -0.2) is 34.7 Å². The molecule has 4 N–H and O–H groups in total. The van der Waals surface area contributed by atoms with Crippen molar-refractivity contribution in [2.75, 3.05) is 11.1 Å². The summed E-state index contributed by atoms with van der Waals surface area (Å²) in [6.45, 7) is 3.78. The number of aryl methyl sites for hydroxylation is 2.